The number of piperidine rings is 1. The Morgan fingerprint density at radius 3 is 2.65 bits per heavy atom. The lowest BCUT2D eigenvalue weighted by molar-refractivity contribution is 0.0820. The molecule has 122 valence electrons. The molecule has 3 rings (SSSR count). The fraction of sp³-hybridized carbons (Fsp3) is 0.389. The van der Waals surface area contributed by atoms with Crippen LogP contribution in [0.1, 0.15) is 19.8 Å². The number of hydrogen-bond acceptors (Lipinski definition) is 3. The number of nitrogens with one attached hydrogen (secondary N) is 1. The minimum atomic E-state index is -0.292. The SMILES string of the molecule is CC(O)C1CCN(C(=O)Nc2ccccc2-c2cccs2)CC1. The molecule has 0 spiro atoms. The summed E-state index contributed by atoms with van der Waals surface area (Å²) in [6.07, 6.45) is 1.43. The zero-order valence-electron chi connectivity index (χ0n) is 13.2. The summed E-state index contributed by atoms with van der Waals surface area (Å²) in [5.74, 6) is 0.303. The van der Waals surface area contributed by atoms with Gasteiger partial charge in [0.15, 0.2) is 0 Å². The number of rotatable bonds is 3. The molecule has 1 aromatic carbocycles. The lowest BCUT2D eigenvalue weighted by Gasteiger charge is -2.33. The van der Waals surface area contributed by atoms with E-state index in [-0.39, 0.29) is 12.1 Å². The summed E-state index contributed by atoms with van der Waals surface area (Å²) in [4.78, 5) is 15.5. The summed E-state index contributed by atoms with van der Waals surface area (Å²) in [5, 5.41) is 14.7. The normalized spacial score (nSPS) is 17.0. The maximum atomic E-state index is 12.5. The van der Waals surface area contributed by atoms with Crippen LogP contribution in [0.3, 0.4) is 0 Å². The van der Waals surface area contributed by atoms with E-state index in [2.05, 4.69) is 11.4 Å². The number of para-hydroxylation sites is 1. The highest BCUT2D eigenvalue weighted by atomic mass is 32.1. The van der Waals surface area contributed by atoms with Crippen molar-refractivity contribution in [3.63, 3.8) is 0 Å². The molecule has 2 amide bonds. The molecule has 4 nitrogen and oxygen atoms in total. The molecule has 1 saturated heterocycles. The van der Waals surface area contributed by atoms with E-state index in [4.69, 9.17) is 0 Å². The Labute approximate surface area is 140 Å². The van der Waals surface area contributed by atoms with E-state index in [1.807, 2.05) is 47.5 Å². The Hall–Kier alpha value is -1.85. The highest BCUT2D eigenvalue weighted by molar-refractivity contribution is 7.13. The van der Waals surface area contributed by atoms with Crippen LogP contribution in [0.15, 0.2) is 41.8 Å². The number of benzene rings is 1. The van der Waals surface area contributed by atoms with Gasteiger partial charge < -0.3 is 15.3 Å². The number of aliphatic hydroxyl groups excluding tert-OH is 1. The van der Waals surface area contributed by atoms with Crippen molar-refractivity contribution >= 4 is 23.1 Å². The monoisotopic (exact) mass is 330 g/mol. The first-order valence-electron chi connectivity index (χ1n) is 8.02. The Bertz CT molecular complexity index is 647. The minimum absolute atomic E-state index is 0.0574. The molecular formula is C18H22N2O2S. The molecule has 1 fully saturated rings. The topological polar surface area (TPSA) is 52.6 Å². The lowest BCUT2D eigenvalue weighted by Crippen LogP contribution is -2.42. The molecule has 0 saturated carbocycles. The average Bonchev–Trinajstić information content (AvgIpc) is 3.09. The van der Waals surface area contributed by atoms with Crippen LogP contribution >= 0.6 is 11.3 Å². The maximum Gasteiger partial charge on any atom is 0.321 e. The van der Waals surface area contributed by atoms with Crippen molar-refractivity contribution in [2.45, 2.75) is 25.9 Å². The number of thiophene rings is 1. The first-order valence-corrected chi connectivity index (χ1v) is 8.90. The van der Waals surface area contributed by atoms with Crippen LogP contribution in [0.25, 0.3) is 10.4 Å². The van der Waals surface area contributed by atoms with Crippen LogP contribution in [0.4, 0.5) is 10.5 Å². The molecule has 1 aromatic heterocycles. The Morgan fingerprint density at radius 1 is 1.26 bits per heavy atom. The standard InChI is InChI=1S/C18H22N2O2S/c1-13(21)14-8-10-20(11-9-14)18(22)19-16-6-3-2-5-15(16)17-7-4-12-23-17/h2-7,12-14,21H,8-11H2,1H3,(H,19,22). The van der Waals surface area contributed by atoms with E-state index < -0.39 is 0 Å². The van der Waals surface area contributed by atoms with Gasteiger partial charge in [-0.15, -0.1) is 11.3 Å². The number of likely N-dealkylation sites (tertiary alicyclic amines) is 1. The third-order valence-electron chi connectivity index (χ3n) is 4.46. The Morgan fingerprint density at radius 2 is 2.00 bits per heavy atom. The number of carbonyl (C=O) groups is 1. The van der Waals surface area contributed by atoms with Gasteiger partial charge in [-0.2, -0.15) is 0 Å². The van der Waals surface area contributed by atoms with Gasteiger partial charge in [0.25, 0.3) is 0 Å². The summed E-state index contributed by atoms with van der Waals surface area (Å²) < 4.78 is 0. The summed E-state index contributed by atoms with van der Waals surface area (Å²) in [7, 11) is 0. The third-order valence-corrected chi connectivity index (χ3v) is 5.37. The fourth-order valence-electron chi connectivity index (χ4n) is 3.02. The van der Waals surface area contributed by atoms with E-state index in [1.54, 1.807) is 11.3 Å². The highest BCUT2D eigenvalue weighted by Crippen LogP contribution is 2.31. The first kappa shape index (κ1) is 16.0. The Balaban J connectivity index is 1.67. The third kappa shape index (κ3) is 3.74. The molecule has 1 aliphatic heterocycles. The smallest absolute Gasteiger partial charge is 0.321 e. The second-order valence-corrected chi connectivity index (χ2v) is 6.97. The van der Waals surface area contributed by atoms with Crippen LogP contribution < -0.4 is 5.32 Å². The summed E-state index contributed by atoms with van der Waals surface area (Å²) in [6, 6.07) is 11.9. The molecule has 1 unspecified atom stereocenters. The first-order chi connectivity index (χ1) is 11.1. The quantitative estimate of drug-likeness (QED) is 0.892. The number of urea groups is 1. The van der Waals surface area contributed by atoms with Crippen LogP contribution in [-0.4, -0.2) is 35.2 Å². The van der Waals surface area contributed by atoms with Gasteiger partial charge in [-0.3, -0.25) is 0 Å². The van der Waals surface area contributed by atoms with Crippen molar-refractivity contribution in [1.29, 1.82) is 0 Å². The van der Waals surface area contributed by atoms with Gasteiger partial charge in [-0.25, -0.2) is 4.79 Å². The molecule has 2 heterocycles. The second kappa shape index (κ2) is 7.15. The van der Waals surface area contributed by atoms with Crippen molar-refractivity contribution < 1.29 is 9.90 Å². The average molecular weight is 330 g/mol. The number of nitrogens with zero attached hydrogens (tertiary/aromatic N) is 1. The van der Waals surface area contributed by atoms with Crippen LogP contribution in [-0.2, 0) is 0 Å². The van der Waals surface area contributed by atoms with E-state index in [1.165, 1.54) is 0 Å². The van der Waals surface area contributed by atoms with Gasteiger partial charge in [0.2, 0.25) is 0 Å². The number of aliphatic hydroxyl groups is 1. The minimum Gasteiger partial charge on any atom is -0.393 e. The predicted molar refractivity (Wildman–Crippen MR) is 94.8 cm³/mol. The second-order valence-electron chi connectivity index (χ2n) is 6.02. The van der Waals surface area contributed by atoms with Crippen molar-refractivity contribution in [1.82, 2.24) is 4.90 Å². The van der Waals surface area contributed by atoms with Crippen molar-refractivity contribution in [2.75, 3.05) is 18.4 Å². The van der Waals surface area contributed by atoms with E-state index >= 15 is 0 Å². The summed E-state index contributed by atoms with van der Waals surface area (Å²) >= 11 is 1.66. The van der Waals surface area contributed by atoms with Crippen molar-refractivity contribution in [3.05, 3.63) is 41.8 Å². The molecular weight excluding hydrogens is 308 g/mol. The van der Waals surface area contributed by atoms with Crippen molar-refractivity contribution in [2.24, 2.45) is 5.92 Å². The number of amides is 2. The molecule has 0 aliphatic carbocycles. The molecule has 0 radical (unpaired) electrons. The summed E-state index contributed by atoms with van der Waals surface area (Å²) in [6.45, 7) is 3.23. The zero-order chi connectivity index (χ0) is 16.2. The van der Waals surface area contributed by atoms with E-state index in [0.717, 1.165) is 29.0 Å². The van der Waals surface area contributed by atoms with Crippen LogP contribution in [0.5, 0.6) is 0 Å². The van der Waals surface area contributed by atoms with Gasteiger partial charge >= 0.3 is 6.03 Å². The number of anilines is 1. The van der Waals surface area contributed by atoms with E-state index in [9.17, 15) is 9.90 Å². The van der Waals surface area contributed by atoms with E-state index in [0.29, 0.717) is 19.0 Å². The zero-order valence-corrected chi connectivity index (χ0v) is 14.1. The predicted octanol–water partition coefficient (Wildman–Crippen LogP) is 4.04. The van der Waals surface area contributed by atoms with Gasteiger partial charge in [0, 0.05) is 23.5 Å². The summed E-state index contributed by atoms with van der Waals surface area (Å²) in [5.41, 5.74) is 1.90. The molecule has 1 atom stereocenters. The highest BCUT2D eigenvalue weighted by Gasteiger charge is 2.25. The number of carbonyl (C=O) groups excluding carboxylic acids is 1. The van der Waals surface area contributed by atoms with Gasteiger partial charge in [0.05, 0.1) is 11.8 Å². The van der Waals surface area contributed by atoms with Gasteiger partial charge in [-0.1, -0.05) is 24.3 Å². The van der Waals surface area contributed by atoms with Crippen molar-refractivity contribution in [3.8, 4) is 10.4 Å². The Kier molecular flexibility index (Phi) is 4.98. The molecule has 2 N–H and O–H groups in total. The van der Waals surface area contributed by atoms with Crippen LogP contribution in [0, 0.1) is 5.92 Å². The lowest BCUT2D eigenvalue weighted by atomic mass is 9.92. The largest absolute Gasteiger partial charge is 0.393 e. The maximum absolute atomic E-state index is 12.5. The molecule has 2 aromatic rings. The fourth-order valence-corrected chi connectivity index (χ4v) is 3.78. The molecule has 1 aliphatic rings. The molecule has 5 heteroatoms. The molecule has 0 bridgehead atoms. The molecule has 23 heavy (non-hydrogen) atoms. The van der Waals surface area contributed by atoms with Gasteiger partial charge in [-0.05, 0) is 43.2 Å². The van der Waals surface area contributed by atoms with Gasteiger partial charge in [0.1, 0.15) is 0 Å². The van der Waals surface area contributed by atoms with Crippen LogP contribution in [0.2, 0.25) is 0 Å². The number of hydrogen-bond donors (Lipinski definition) is 2.